The van der Waals surface area contributed by atoms with Crippen LogP contribution in [0.2, 0.25) is 0 Å². The zero-order valence-corrected chi connectivity index (χ0v) is 13.5. The topological polar surface area (TPSA) is 79.9 Å². The Morgan fingerprint density at radius 3 is 2.96 bits per heavy atom. The SMILES string of the molecule is O=C(NCCn1cccc1)N1CCOC[C@@H]1C[C@H](O)c1ccco1. The van der Waals surface area contributed by atoms with E-state index in [-0.39, 0.29) is 12.1 Å². The Morgan fingerprint density at radius 1 is 1.38 bits per heavy atom. The van der Waals surface area contributed by atoms with E-state index in [2.05, 4.69) is 5.32 Å². The van der Waals surface area contributed by atoms with Crippen LogP contribution in [0.1, 0.15) is 18.3 Å². The van der Waals surface area contributed by atoms with E-state index < -0.39 is 6.10 Å². The average Bonchev–Trinajstić information content (AvgIpc) is 3.29. The molecule has 24 heavy (non-hydrogen) atoms. The van der Waals surface area contributed by atoms with Crippen LogP contribution in [0, 0.1) is 0 Å². The van der Waals surface area contributed by atoms with Gasteiger partial charge in [0.05, 0.1) is 25.5 Å². The zero-order chi connectivity index (χ0) is 16.8. The van der Waals surface area contributed by atoms with Gasteiger partial charge in [-0.15, -0.1) is 0 Å². The minimum atomic E-state index is -0.748. The number of amides is 2. The first-order valence-corrected chi connectivity index (χ1v) is 8.18. The Kier molecular flexibility index (Phi) is 5.55. The van der Waals surface area contributed by atoms with Gasteiger partial charge in [0.25, 0.3) is 0 Å². The number of carbonyl (C=O) groups excluding carboxylic acids is 1. The molecule has 0 saturated carbocycles. The molecule has 1 aliphatic heterocycles. The smallest absolute Gasteiger partial charge is 0.317 e. The number of nitrogens with one attached hydrogen (secondary N) is 1. The van der Waals surface area contributed by atoms with Gasteiger partial charge in [-0.1, -0.05) is 0 Å². The van der Waals surface area contributed by atoms with Crippen LogP contribution in [0.15, 0.2) is 47.3 Å². The fourth-order valence-corrected chi connectivity index (χ4v) is 2.88. The van der Waals surface area contributed by atoms with Crippen molar-refractivity contribution in [3.8, 4) is 0 Å². The number of aliphatic hydroxyl groups is 1. The molecule has 3 heterocycles. The normalized spacial score (nSPS) is 19.2. The largest absolute Gasteiger partial charge is 0.467 e. The molecule has 1 aliphatic rings. The summed E-state index contributed by atoms with van der Waals surface area (Å²) in [6.45, 7) is 2.73. The van der Waals surface area contributed by atoms with Crippen LogP contribution >= 0.6 is 0 Å². The molecule has 0 spiro atoms. The molecule has 7 nitrogen and oxygen atoms in total. The minimum Gasteiger partial charge on any atom is -0.467 e. The first-order chi connectivity index (χ1) is 11.7. The van der Waals surface area contributed by atoms with Gasteiger partial charge in [-0.2, -0.15) is 0 Å². The van der Waals surface area contributed by atoms with Crippen LogP contribution in [0.4, 0.5) is 4.79 Å². The third kappa shape index (κ3) is 4.18. The highest BCUT2D eigenvalue weighted by molar-refractivity contribution is 5.74. The highest BCUT2D eigenvalue weighted by atomic mass is 16.5. The monoisotopic (exact) mass is 333 g/mol. The molecule has 0 aliphatic carbocycles. The molecule has 2 amide bonds. The lowest BCUT2D eigenvalue weighted by molar-refractivity contribution is -0.00967. The third-order valence-corrected chi connectivity index (χ3v) is 4.17. The van der Waals surface area contributed by atoms with Gasteiger partial charge < -0.3 is 29.0 Å². The highest BCUT2D eigenvalue weighted by Gasteiger charge is 2.30. The second-order valence-electron chi connectivity index (χ2n) is 5.84. The second kappa shape index (κ2) is 8.03. The number of nitrogens with zero attached hydrogens (tertiary/aromatic N) is 2. The Morgan fingerprint density at radius 2 is 2.21 bits per heavy atom. The third-order valence-electron chi connectivity index (χ3n) is 4.17. The number of ether oxygens (including phenoxy) is 1. The van der Waals surface area contributed by atoms with Crippen LogP contribution in [0.3, 0.4) is 0 Å². The van der Waals surface area contributed by atoms with E-state index in [1.165, 1.54) is 6.26 Å². The van der Waals surface area contributed by atoms with Crippen LogP contribution in [0.5, 0.6) is 0 Å². The molecule has 3 rings (SSSR count). The van der Waals surface area contributed by atoms with Crippen LogP contribution in [-0.4, -0.2) is 52.9 Å². The standard InChI is InChI=1S/C17H23N3O4/c21-15(16-4-3-10-24-16)12-14-13-23-11-9-20(14)17(22)18-5-8-19-6-1-2-7-19/h1-4,6-7,10,14-15,21H,5,8-9,11-13H2,(H,18,22)/t14-,15-/m0/s1. The van der Waals surface area contributed by atoms with E-state index in [4.69, 9.17) is 9.15 Å². The molecule has 2 aromatic heterocycles. The lowest BCUT2D eigenvalue weighted by atomic mass is 10.1. The molecule has 130 valence electrons. The molecular formula is C17H23N3O4. The van der Waals surface area contributed by atoms with Crippen molar-refractivity contribution >= 4 is 6.03 Å². The molecule has 0 aromatic carbocycles. The van der Waals surface area contributed by atoms with Crippen molar-refractivity contribution in [2.24, 2.45) is 0 Å². The van der Waals surface area contributed by atoms with Crippen molar-refractivity contribution in [3.05, 3.63) is 48.7 Å². The van der Waals surface area contributed by atoms with E-state index in [9.17, 15) is 9.90 Å². The van der Waals surface area contributed by atoms with Gasteiger partial charge in [0.1, 0.15) is 11.9 Å². The number of hydrogen-bond donors (Lipinski definition) is 2. The maximum Gasteiger partial charge on any atom is 0.317 e. The van der Waals surface area contributed by atoms with Crippen molar-refractivity contribution < 1.29 is 19.1 Å². The Labute approximate surface area is 140 Å². The van der Waals surface area contributed by atoms with Crippen molar-refractivity contribution in [1.82, 2.24) is 14.8 Å². The van der Waals surface area contributed by atoms with E-state index >= 15 is 0 Å². The Balaban J connectivity index is 1.52. The van der Waals surface area contributed by atoms with Crippen LogP contribution in [-0.2, 0) is 11.3 Å². The summed E-state index contributed by atoms with van der Waals surface area (Å²) in [6.07, 6.45) is 5.09. The number of rotatable bonds is 6. The van der Waals surface area contributed by atoms with Crippen molar-refractivity contribution in [3.63, 3.8) is 0 Å². The highest BCUT2D eigenvalue weighted by Crippen LogP contribution is 2.23. The van der Waals surface area contributed by atoms with Gasteiger partial charge in [0.2, 0.25) is 0 Å². The fraction of sp³-hybridized carbons (Fsp3) is 0.471. The maximum absolute atomic E-state index is 12.4. The number of morpholine rings is 1. The zero-order valence-electron chi connectivity index (χ0n) is 13.5. The predicted molar refractivity (Wildman–Crippen MR) is 87.4 cm³/mol. The molecule has 2 aromatic rings. The molecule has 0 unspecified atom stereocenters. The first-order valence-electron chi connectivity index (χ1n) is 8.18. The number of hydrogen-bond acceptors (Lipinski definition) is 4. The molecular weight excluding hydrogens is 310 g/mol. The summed E-state index contributed by atoms with van der Waals surface area (Å²) in [5, 5.41) is 13.2. The van der Waals surface area contributed by atoms with Crippen molar-refractivity contribution in [2.75, 3.05) is 26.3 Å². The molecule has 1 fully saturated rings. The summed E-state index contributed by atoms with van der Waals surface area (Å²) in [4.78, 5) is 14.2. The number of aliphatic hydroxyl groups excluding tert-OH is 1. The predicted octanol–water partition coefficient (Wildman–Crippen LogP) is 1.62. The number of carbonyl (C=O) groups is 1. The van der Waals surface area contributed by atoms with Gasteiger partial charge in [0, 0.05) is 38.4 Å². The molecule has 7 heteroatoms. The molecule has 2 N–H and O–H groups in total. The number of furan rings is 1. The van der Waals surface area contributed by atoms with Crippen molar-refractivity contribution in [1.29, 1.82) is 0 Å². The van der Waals surface area contributed by atoms with Gasteiger partial charge >= 0.3 is 6.03 Å². The van der Waals surface area contributed by atoms with E-state index in [1.807, 2.05) is 29.1 Å². The van der Waals surface area contributed by atoms with Crippen LogP contribution < -0.4 is 5.32 Å². The van der Waals surface area contributed by atoms with Gasteiger partial charge in [-0.3, -0.25) is 0 Å². The Bertz CT molecular complexity index is 612. The summed E-state index contributed by atoms with van der Waals surface area (Å²) >= 11 is 0. The van der Waals surface area contributed by atoms with E-state index in [0.29, 0.717) is 38.5 Å². The summed E-state index contributed by atoms with van der Waals surface area (Å²) in [6, 6.07) is 7.08. The molecule has 1 saturated heterocycles. The number of aromatic nitrogens is 1. The van der Waals surface area contributed by atoms with Crippen molar-refractivity contribution in [2.45, 2.75) is 25.1 Å². The fourth-order valence-electron chi connectivity index (χ4n) is 2.88. The first kappa shape index (κ1) is 16.6. The van der Waals surface area contributed by atoms with E-state index in [1.54, 1.807) is 17.0 Å². The quantitative estimate of drug-likeness (QED) is 0.842. The second-order valence-corrected chi connectivity index (χ2v) is 5.84. The lowest BCUT2D eigenvalue weighted by Crippen LogP contribution is -2.53. The van der Waals surface area contributed by atoms with Crippen LogP contribution in [0.25, 0.3) is 0 Å². The summed E-state index contributed by atoms with van der Waals surface area (Å²) in [5.74, 6) is 0.508. The van der Waals surface area contributed by atoms with Gasteiger partial charge in [-0.05, 0) is 24.3 Å². The summed E-state index contributed by atoms with van der Waals surface area (Å²) in [7, 11) is 0. The lowest BCUT2D eigenvalue weighted by Gasteiger charge is -2.36. The molecule has 2 atom stereocenters. The maximum atomic E-state index is 12.4. The van der Waals surface area contributed by atoms with Gasteiger partial charge in [-0.25, -0.2) is 4.79 Å². The number of urea groups is 1. The van der Waals surface area contributed by atoms with Gasteiger partial charge in [0.15, 0.2) is 0 Å². The average molecular weight is 333 g/mol. The summed E-state index contributed by atoms with van der Waals surface area (Å²) < 4.78 is 12.7. The summed E-state index contributed by atoms with van der Waals surface area (Å²) in [5.41, 5.74) is 0. The molecule has 0 bridgehead atoms. The minimum absolute atomic E-state index is 0.123. The van der Waals surface area contributed by atoms with E-state index in [0.717, 1.165) is 6.54 Å². The molecule has 0 radical (unpaired) electrons. The Hall–Kier alpha value is -2.25.